The van der Waals surface area contributed by atoms with Gasteiger partial charge in [-0.05, 0) is 30.4 Å². The highest BCUT2D eigenvalue weighted by molar-refractivity contribution is 7.17. The minimum atomic E-state index is 0.631. The normalized spacial score (nSPS) is 17.8. The molecule has 3 heteroatoms. The molecule has 0 aliphatic heterocycles. The van der Waals surface area contributed by atoms with Crippen LogP contribution in [0.4, 0.5) is 5.82 Å². The molecule has 16 heavy (non-hydrogen) atoms. The van der Waals surface area contributed by atoms with Crippen LogP contribution < -0.4 is 5.32 Å². The lowest BCUT2D eigenvalue weighted by atomic mass is 9.95. The van der Waals surface area contributed by atoms with E-state index >= 15 is 0 Å². The van der Waals surface area contributed by atoms with Crippen molar-refractivity contribution in [3.05, 3.63) is 23.7 Å². The van der Waals surface area contributed by atoms with Gasteiger partial charge >= 0.3 is 0 Å². The molecule has 1 fully saturated rings. The Morgan fingerprint density at radius 3 is 2.94 bits per heavy atom. The van der Waals surface area contributed by atoms with Gasteiger partial charge in [-0.2, -0.15) is 0 Å². The number of pyridine rings is 1. The molecule has 0 amide bonds. The van der Waals surface area contributed by atoms with Gasteiger partial charge in [-0.3, -0.25) is 0 Å². The fourth-order valence-electron chi connectivity index (χ4n) is 2.45. The monoisotopic (exact) mass is 232 g/mol. The molecule has 84 valence electrons. The van der Waals surface area contributed by atoms with Crippen molar-refractivity contribution in [3.8, 4) is 0 Å². The lowest BCUT2D eigenvalue weighted by Crippen LogP contribution is -2.22. The molecule has 1 aliphatic carbocycles. The molecule has 2 heterocycles. The molecule has 0 saturated heterocycles. The molecule has 0 spiro atoms. The van der Waals surface area contributed by atoms with Crippen molar-refractivity contribution in [2.75, 3.05) is 5.32 Å². The van der Waals surface area contributed by atoms with Crippen molar-refractivity contribution in [1.82, 2.24) is 4.98 Å². The quantitative estimate of drug-likeness (QED) is 0.845. The molecular formula is C13H16N2S. The zero-order valence-electron chi connectivity index (χ0n) is 9.28. The third-order valence-electron chi connectivity index (χ3n) is 3.33. The minimum Gasteiger partial charge on any atom is -0.367 e. The van der Waals surface area contributed by atoms with Crippen LogP contribution in [0.5, 0.6) is 0 Å². The first-order chi connectivity index (χ1) is 7.93. The standard InChI is InChI=1S/C13H16N2S/c1-2-4-10(5-3-1)15-13-11-7-9-16-12(11)6-8-14-13/h6-10H,1-5H2,(H,14,15). The Bertz CT molecular complexity index is 471. The van der Waals surface area contributed by atoms with Gasteiger partial charge < -0.3 is 5.32 Å². The summed E-state index contributed by atoms with van der Waals surface area (Å²) in [5.74, 6) is 1.07. The largest absolute Gasteiger partial charge is 0.367 e. The van der Waals surface area contributed by atoms with Crippen LogP contribution in [0.15, 0.2) is 23.7 Å². The maximum atomic E-state index is 4.47. The highest BCUT2D eigenvalue weighted by Gasteiger charge is 2.14. The van der Waals surface area contributed by atoms with Crippen LogP contribution in [0.25, 0.3) is 10.1 Å². The maximum absolute atomic E-state index is 4.47. The van der Waals surface area contributed by atoms with Crippen molar-refractivity contribution in [1.29, 1.82) is 0 Å². The topological polar surface area (TPSA) is 24.9 Å². The Labute approximate surface area is 99.7 Å². The van der Waals surface area contributed by atoms with Gasteiger partial charge in [0.1, 0.15) is 5.82 Å². The number of thiophene rings is 1. The fraction of sp³-hybridized carbons (Fsp3) is 0.462. The van der Waals surface area contributed by atoms with Crippen LogP contribution in [-0.2, 0) is 0 Å². The van der Waals surface area contributed by atoms with Gasteiger partial charge in [0.2, 0.25) is 0 Å². The predicted octanol–water partition coefficient (Wildman–Crippen LogP) is 4.04. The van der Waals surface area contributed by atoms with Crippen molar-refractivity contribution in [2.24, 2.45) is 0 Å². The van der Waals surface area contributed by atoms with Crippen LogP contribution in [0.2, 0.25) is 0 Å². The van der Waals surface area contributed by atoms with E-state index in [4.69, 9.17) is 0 Å². The fourth-order valence-corrected chi connectivity index (χ4v) is 3.23. The molecule has 0 radical (unpaired) electrons. The smallest absolute Gasteiger partial charge is 0.134 e. The second kappa shape index (κ2) is 4.42. The van der Waals surface area contributed by atoms with E-state index in [1.165, 1.54) is 42.2 Å². The SMILES string of the molecule is c1cc2sccc2c(NC2CCCCC2)n1. The van der Waals surface area contributed by atoms with Crippen LogP contribution in [-0.4, -0.2) is 11.0 Å². The molecule has 1 N–H and O–H groups in total. The summed E-state index contributed by atoms with van der Waals surface area (Å²) in [6.07, 6.45) is 8.61. The van der Waals surface area contributed by atoms with E-state index in [-0.39, 0.29) is 0 Å². The Morgan fingerprint density at radius 2 is 2.06 bits per heavy atom. The number of nitrogens with one attached hydrogen (secondary N) is 1. The summed E-state index contributed by atoms with van der Waals surface area (Å²) in [6, 6.07) is 4.89. The van der Waals surface area contributed by atoms with Crippen molar-refractivity contribution >= 4 is 27.2 Å². The number of hydrogen-bond acceptors (Lipinski definition) is 3. The van der Waals surface area contributed by atoms with E-state index < -0.39 is 0 Å². The van der Waals surface area contributed by atoms with Gasteiger partial charge in [0.25, 0.3) is 0 Å². The highest BCUT2D eigenvalue weighted by atomic mass is 32.1. The third-order valence-corrected chi connectivity index (χ3v) is 4.21. The average molecular weight is 232 g/mol. The lowest BCUT2D eigenvalue weighted by Gasteiger charge is -2.23. The minimum absolute atomic E-state index is 0.631. The van der Waals surface area contributed by atoms with Crippen LogP contribution in [0, 0.1) is 0 Å². The van der Waals surface area contributed by atoms with Crippen molar-refractivity contribution in [2.45, 2.75) is 38.1 Å². The molecular weight excluding hydrogens is 216 g/mol. The summed E-state index contributed by atoms with van der Waals surface area (Å²) in [4.78, 5) is 4.47. The van der Waals surface area contributed by atoms with Gasteiger partial charge in [0.15, 0.2) is 0 Å². The molecule has 1 aliphatic rings. The summed E-state index contributed by atoms with van der Waals surface area (Å²) in [7, 11) is 0. The van der Waals surface area contributed by atoms with E-state index in [2.05, 4.69) is 27.8 Å². The first-order valence-electron chi connectivity index (χ1n) is 6.02. The molecule has 0 atom stereocenters. The molecule has 1 saturated carbocycles. The van der Waals surface area contributed by atoms with E-state index in [0.29, 0.717) is 6.04 Å². The van der Waals surface area contributed by atoms with E-state index in [1.54, 1.807) is 11.3 Å². The Hall–Kier alpha value is -1.09. The number of anilines is 1. The van der Waals surface area contributed by atoms with Crippen molar-refractivity contribution in [3.63, 3.8) is 0 Å². The van der Waals surface area contributed by atoms with Crippen LogP contribution in [0.3, 0.4) is 0 Å². The second-order valence-electron chi connectivity index (χ2n) is 4.47. The first kappa shape index (κ1) is 10.1. The summed E-state index contributed by atoms with van der Waals surface area (Å²) >= 11 is 1.78. The molecule has 2 aromatic heterocycles. The Morgan fingerprint density at radius 1 is 1.19 bits per heavy atom. The zero-order chi connectivity index (χ0) is 10.8. The highest BCUT2D eigenvalue weighted by Crippen LogP contribution is 2.28. The molecule has 2 nitrogen and oxygen atoms in total. The average Bonchev–Trinajstić information content (AvgIpc) is 2.80. The molecule has 2 aromatic rings. The third kappa shape index (κ3) is 1.92. The van der Waals surface area contributed by atoms with E-state index in [0.717, 1.165) is 5.82 Å². The molecule has 0 unspecified atom stereocenters. The zero-order valence-corrected chi connectivity index (χ0v) is 10.1. The van der Waals surface area contributed by atoms with Gasteiger partial charge in [0.05, 0.1) is 0 Å². The number of rotatable bonds is 2. The lowest BCUT2D eigenvalue weighted by molar-refractivity contribution is 0.462. The number of hydrogen-bond donors (Lipinski definition) is 1. The van der Waals surface area contributed by atoms with Crippen LogP contribution in [0.1, 0.15) is 32.1 Å². The molecule has 3 rings (SSSR count). The first-order valence-corrected chi connectivity index (χ1v) is 6.90. The Balaban J connectivity index is 1.85. The molecule has 0 bridgehead atoms. The van der Waals surface area contributed by atoms with Crippen molar-refractivity contribution < 1.29 is 0 Å². The predicted molar refractivity (Wildman–Crippen MR) is 70.1 cm³/mol. The summed E-state index contributed by atoms with van der Waals surface area (Å²) in [6.45, 7) is 0. The summed E-state index contributed by atoms with van der Waals surface area (Å²) < 4.78 is 1.33. The van der Waals surface area contributed by atoms with Gasteiger partial charge in [-0.1, -0.05) is 19.3 Å². The van der Waals surface area contributed by atoms with Gasteiger partial charge in [0, 0.05) is 22.3 Å². The van der Waals surface area contributed by atoms with Gasteiger partial charge in [-0.25, -0.2) is 4.98 Å². The molecule has 0 aromatic carbocycles. The van der Waals surface area contributed by atoms with Crippen LogP contribution >= 0.6 is 11.3 Å². The number of fused-ring (bicyclic) bond motifs is 1. The number of aromatic nitrogens is 1. The second-order valence-corrected chi connectivity index (χ2v) is 5.42. The maximum Gasteiger partial charge on any atom is 0.134 e. The summed E-state index contributed by atoms with van der Waals surface area (Å²) in [5, 5.41) is 7.02. The van der Waals surface area contributed by atoms with Gasteiger partial charge in [-0.15, -0.1) is 11.3 Å². The number of nitrogens with zero attached hydrogens (tertiary/aromatic N) is 1. The summed E-state index contributed by atoms with van der Waals surface area (Å²) in [5.41, 5.74) is 0. The van der Waals surface area contributed by atoms with E-state index in [1.807, 2.05) is 6.20 Å². The van der Waals surface area contributed by atoms with E-state index in [9.17, 15) is 0 Å². The Kier molecular flexibility index (Phi) is 2.79.